The lowest BCUT2D eigenvalue weighted by molar-refractivity contribution is 0.278. The molecule has 0 aromatic carbocycles. The van der Waals surface area contributed by atoms with Crippen LogP contribution in [0.3, 0.4) is 0 Å². The van der Waals surface area contributed by atoms with Crippen LogP contribution in [0.5, 0.6) is 0 Å². The number of rotatable bonds is 6. The van der Waals surface area contributed by atoms with Crippen LogP contribution in [-0.2, 0) is 6.42 Å². The standard InChI is InChI=1S/C14H23NS/c1-2-8-15-12-14(6-3-4-7-14)10-13-5-9-16-11-13/h5,9,11,15H,2-4,6-8,10,12H2,1H3. The van der Waals surface area contributed by atoms with Crippen molar-refractivity contribution in [3.05, 3.63) is 22.4 Å². The molecule has 0 spiro atoms. The molecule has 16 heavy (non-hydrogen) atoms. The zero-order chi connectivity index (χ0) is 11.3. The van der Waals surface area contributed by atoms with E-state index in [0.29, 0.717) is 5.41 Å². The second kappa shape index (κ2) is 5.83. The van der Waals surface area contributed by atoms with E-state index in [1.165, 1.54) is 51.6 Å². The molecule has 0 aliphatic heterocycles. The first-order chi connectivity index (χ1) is 7.85. The van der Waals surface area contributed by atoms with Gasteiger partial charge in [0.2, 0.25) is 0 Å². The van der Waals surface area contributed by atoms with Crippen molar-refractivity contribution in [2.75, 3.05) is 13.1 Å². The molecule has 2 rings (SSSR count). The molecule has 1 aliphatic rings. The van der Waals surface area contributed by atoms with Gasteiger partial charge < -0.3 is 5.32 Å². The summed E-state index contributed by atoms with van der Waals surface area (Å²) in [5, 5.41) is 8.16. The van der Waals surface area contributed by atoms with Gasteiger partial charge in [-0.05, 0) is 60.0 Å². The Morgan fingerprint density at radius 2 is 2.19 bits per heavy atom. The molecule has 0 amide bonds. The molecule has 0 bridgehead atoms. The Balaban J connectivity index is 1.92. The molecule has 1 nitrogen and oxygen atoms in total. The van der Waals surface area contributed by atoms with E-state index < -0.39 is 0 Å². The van der Waals surface area contributed by atoms with E-state index in [2.05, 4.69) is 29.1 Å². The first kappa shape index (κ1) is 12.1. The van der Waals surface area contributed by atoms with Gasteiger partial charge in [-0.25, -0.2) is 0 Å². The van der Waals surface area contributed by atoms with Gasteiger partial charge in [0.05, 0.1) is 0 Å². The van der Waals surface area contributed by atoms with Gasteiger partial charge in [-0.1, -0.05) is 19.8 Å². The normalized spacial score (nSPS) is 19.1. The SMILES string of the molecule is CCCNCC1(Cc2ccsc2)CCCC1. The third-order valence-electron chi connectivity index (χ3n) is 3.75. The summed E-state index contributed by atoms with van der Waals surface area (Å²) in [5.41, 5.74) is 2.11. The fourth-order valence-electron chi connectivity index (χ4n) is 2.90. The summed E-state index contributed by atoms with van der Waals surface area (Å²) in [6.45, 7) is 4.63. The lowest BCUT2D eigenvalue weighted by atomic mass is 9.80. The Morgan fingerprint density at radius 1 is 1.38 bits per heavy atom. The second-order valence-corrected chi connectivity index (χ2v) is 5.97. The summed E-state index contributed by atoms with van der Waals surface area (Å²) in [5.74, 6) is 0. The number of hydrogen-bond acceptors (Lipinski definition) is 2. The van der Waals surface area contributed by atoms with Gasteiger partial charge in [-0.15, -0.1) is 0 Å². The van der Waals surface area contributed by atoms with Crippen molar-refractivity contribution >= 4 is 11.3 Å². The molecule has 0 unspecified atom stereocenters. The molecule has 1 aromatic rings. The van der Waals surface area contributed by atoms with Crippen molar-refractivity contribution in [3.63, 3.8) is 0 Å². The Kier molecular flexibility index (Phi) is 4.42. The van der Waals surface area contributed by atoms with Gasteiger partial charge in [0.15, 0.2) is 0 Å². The van der Waals surface area contributed by atoms with Crippen molar-refractivity contribution in [3.8, 4) is 0 Å². The fourth-order valence-corrected chi connectivity index (χ4v) is 3.57. The minimum Gasteiger partial charge on any atom is -0.316 e. The highest BCUT2D eigenvalue weighted by Crippen LogP contribution is 2.40. The molecule has 0 saturated heterocycles. The minimum absolute atomic E-state index is 0.566. The van der Waals surface area contributed by atoms with Crippen molar-refractivity contribution < 1.29 is 0 Å². The fraction of sp³-hybridized carbons (Fsp3) is 0.714. The number of thiophene rings is 1. The van der Waals surface area contributed by atoms with E-state index in [0.717, 1.165) is 0 Å². The monoisotopic (exact) mass is 237 g/mol. The molecule has 90 valence electrons. The lowest BCUT2D eigenvalue weighted by Gasteiger charge is -2.29. The van der Waals surface area contributed by atoms with Gasteiger partial charge in [0.25, 0.3) is 0 Å². The van der Waals surface area contributed by atoms with Crippen LogP contribution < -0.4 is 5.32 Å². The minimum atomic E-state index is 0.566. The molecule has 1 heterocycles. The number of hydrogen-bond donors (Lipinski definition) is 1. The van der Waals surface area contributed by atoms with Gasteiger partial charge >= 0.3 is 0 Å². The van der Waals surface area contributed by atoms with Crippen molar-refractivity contribution in [1.82, 2.24) is 5.32 Å². The van der Waals surface area contributed by atoms with Gasteiger partial charge in [0, 0.05) is 6.54 Å². The molecule has 1 N–H and O–H groups in total. The number of nitrogens with one attached hydrogen (secondary N) is 1. The van der Waals surface area contributed by atoms with Crippen LogP contribution in [0.15, 0.2) is 16.8 Å². The second-order valence-electron chi connectivity index (χ2n) is 5.19. The molecule has 1 fully saturated rings. The third kappa shape index (κ3) is 3.08. The summed E-state index contributed by atoms with van der Waals surface area (Å²) in [6.07, 6.45) is 8.22. The zero-order valence-electron chi connectivity index (χ0n) is 10.3. The largest absolute Gasteiger partial charge is 0.316 e. The first-order valence-corrected chi connectivity index (χ1v) is 7.51. The van der Waals surface area contributed by atoms with E-state index >= 15 is 0 Å². The van der Waals surface area contributed by atoms with Crippen LogP contribution >= 0.6 is 11.3 Å². The lowest BCUT2D eigenvalue weighted by Crippen LogP contribution is -2.34. The Hall–Kier alpha value is -0.340. The predicted octanol–water partition coefficient (Wildman–Crippen LogP) is 3.85. The topological polar surface area (TPSA) is 12.0 Å². The molecule has 1 saturated carbocycles. The molecular weight excluding hydrogens is 214 g/mol. The highest BCUT2D eigenvalue weighted by Gasteiger charge is 2.33. The van der Waals surface area contributed by atoms with E-state index in [9.17, 15) is 0 Å². The van der Waals surface area contributed by atoms with Crippen molar-refractivity contribution in [1.29, 1.82) is 0 Å². The smallest absolute Gasteiger partial charge is 0.00110 e. The van der Waals surface area contributed by atoms with Gasteiger partial charge in [0.1, 0.15) is 0 Å². The van der Waals surface area contributed by atoms with E-state index in [1.807, 2.05) is 11.3 Å². The van der Waals surface area contributed by atoms with Crippen LogP contribution in [0, 0.1) is 5.41 Å². The van der Waals surface area contributed by atoms with E-state index in [-0.39, 0.29) is 0 Å². The molecule has 0 atom stereocenters. The molecular formula is C14H23NS. The van der Waals surface area contributed by atoms with Crippen LogP contribution in [0.25, 0.3) is 0 Å². The van der Waals surface area contributed by atoms with Crippen LogP contribution in [-0.4, -0.2) is 13.1 Å². The average molecular weight is 237 g/mol. The molecule has 0 radical (unpaired) electrons. The maximum Gasteiger partial charge on any atom is 0.00110 e. The first-order valence-electron chi connectivity index (χ1n) is 6.56. The summed E-state index contributed by atoms with van der Waals surface area (Å²) >= 11 is 1.83. The zero-order valence-corrected chi connectivity index (χ0v) is 11.1. The molecule has 1 aliphatic carbocycles. The highest BCUT2D eigenvalue weighted by molar-refractivity contribution is 7.07. The van der Waals surface area contributed by atoms with Crippen molar-refractivity contribution in [2.24, 2.45) is 5.41 Å². The Morgan fingerprint density at radius 3 is 2.81 bits per heavy atom. The Bertz CT molecular complexity index is 286. The summed E-state index contributed by atoms with van der Waals surface area (Å²) in [4.78, 5) is 0. The third-order valence-corrected chi connectivity index (χ3v) is 4.48. The van der Waals surface area contributed by atoms with Crippen LogP contribution in [0.1, 0.15) is 44.6 Å². The predicted molar refractivity (Wildman–Crippen MR) is 72.1 cm³/mol. The van der Waals surface area contributed by atoms with Gasteiger partial charge in [-0.2, -0.15) is 11.3 Å². The maximum atomic E-state index is 3.63. The summed E-state index contributed by atoms with van der Waals surface area (Å²) < 4.78 is 0. The quantitative estimate of drug-likeness (QED) is 0.741. The van der Waals surface area contributed by atoms with Crippen molar-refractivity contribution in [2.45, 2.75) is 45.4 Å². The van der Waals surface area contributed by atoms with Gasteiger partial charge in [-0.3, -0.25) is 0 Å². The van der Waals surface area contributed by atoms with E-state index in [4.69, 9.17) is 0 Å². The summed E-state index contributed by atoms with van der Waals surface area (Å²) in [7, 11) is 0. The average Bonchev–Trinajstić information content (AvgIpc) is 2.91. The maximum absolute atomic E-state index is 3.63. The molecule has 1 aromatic heterocycles. The summed E-state index contributed by atoms with van der Waals surface area (Å²) in [6, 6.07) is 2.30. The highest BCUT2D eigenvalue weighted by atomic mass is 32.1. The molecule has 2 heteroatoms. The van der Waals surface area contributed by atoms with E-state index in [1.54, 1.807) is 5.56 Å². The van der Waals surface area contributed by atoms with Crippen LogP contribution in [0.2, 0.25) is 0 Å². The Labute approximate surface area is 103 Å². The van der Waals surface area contributed by atoms with Crippen LogP contribution in [0.4, 0.5) is 0 Å².